The van der Waals surface area contributed by atoms with E-state index in [-0.39, 0.29) is 29.2 Å². The van der Waals surface area contributed by atoms with Crippen molar-refractivity contribution < 1.29 is 18.0 Å². The minimum absolute atomic E-state index is 0.0768. The Labute approximate surface area is 209 Å². The monoisotopic (exact) mass is 504 g/mol. The van der Waals surface area contributed by atoms with Gasteiger partial charge in [-0.05, 0) is 42.3 Å². The molecule has 2 heterocycles. The van der Waals surface area contributed by atoms with Crippen LogP contribution >= 0.6 is 0 Å². The smallest absolute Gasteiger partial charge is 0.268 e. The predicted molar refractivity (Wildman–Crippen MR) is 139 cm³/mol. The van der Waals surface area contributed by atoms with Gasteiger partial charge in [0.15, 0.2) is 0 Å². The van der Waals surface area contributed by atoms with Crippen LogP contribution in [0.1, 0.15) is 23.3 Å². The molecule has 2 amide bonds. The van der Waals surface area contributed by atoms with Gasteiger partial charge >= 0.3 is 0 Å². The highest BCUT2D eigenvalue weighted by Crippen LogP contribution is 2.23. The fourth-order valence-electron chi connectivity index (χ4n) is 4.68. The zero-order valence-corrected chi connectivity index (χ0v) is 20.6. The van der Waals surface area contributed by atoms with E-state index in [4.69, 9.17) is 0 Å². The van der Waals surface area contributed by atoms with E-state index >= 15 is 0 Å². The van der Waals surface area contributed by atoms with Crippen LogP contribution in [0.5, 0.6) is 0 Å². The molecular formula is C27H28N4O4S. The third kappa shape index (κ3) is 5.12. The number of hydrogen-bond acceptors (Lipinski definition) is 4. The normalized spacial score (nSPS) is 14.8. The number of amides is 2. The van der Waals surface area contributed by atoms with E-state index in [9.17, 15) is 18.0 Å². The summed E-state index contributed by atoms with van der Waals surface area (Å²) >= 11 is 0. The first-order valence-electron chi connectivity index (χ1n) is 12.0. The Hall–Kier alpha value is -3.69. The van der Waals surface area contributed by atoms with Crippen LogP contribution in [-0.4, -0.2) is 56.3 Å². The molecule has 36 heavy (non-hydrogen) atoms. The van der Waals surface area contributed by atoms with Crippen molar-refractivity contribution in [3.8, 4) is 0 Å². The summed E-state index contributed by atoms with van der Waals surface area (Å²) in [5, 5.41) is 5.21. The molecule has 186 valence electrons. The Kier molecular flexibility index (Phi) is 6.75. The summed E-state index contributed by atoms with van der Waals surface area (Å²) in [4.78, 5) is 30.1. The number of hydrogen-bond donors (Lipinski definition) is 3. The molecule has 1 saturated heterocycles. The second kappa shape index (κ2) is 10.1. The molecule has 3 N–H and O–H groups in total. The number of para-hydroxylation sites is 1. The zero-order chi connectivity index (χ0) is 25.1. The maximum Gasteiger partial charge on any atom is 0.268 e. The highest BCUT2D eigenvalue weighted by Gasteiger charge is 2.25. The van der Waals surface area contributed by atoms with E-state index in [2.05, 4.69) is 15.0 Å². The maximum absolute atomic E-state index is 13.0. The van der Waals surface area contributed by atoms with E-state index in [0.29, 0.717) is 43.6 Å². The molecule has 0 aliphatic carbocycles. The first kappa shape index (κ1) is 24.0. The molecule has 1 aromatic heterocycles. The number of H-pyrrole nitrogens is 1. The lowest BCUT2D eigenvalue weighted by Gasteiger charge is -2.32. The topological polar surface area (TPSA) is 111 Å². The number of benzene rings is 3. The lowest BCUT2D eigenvalue weighted by molar-refractivity contribution is -0.131. The van der Waals surface area contributed by atoms with Crippen molar-refractivity contribution >= 4 is 43.5 Å². The number of fused-ring (bicyclic) bond motifs is 2. The summed E-state index contributed by atoms with van der Waals surface area (Å²) in [7, 11) is -3.65. The number of sulfonamides is 1. The fourth-order valence-corrected chi connectivity index (χ4v) is 6.02. The lowest BCUT2D eigenvalue weighted by Crippen LogP contribution is -2.45. The maximum atomic E-state index is 13.0. The van der Waals surface area contributed by atoms with Gasteiger partial charge in [-0.1, -0.05) is 54.6 Å². The van der Waals surface area contributed by atoms with Crippen molar-refractivity contribution in [2.24, 2.45) is 5.92 Å². The molecule has 1 fully saturated rings. The van der Waals surface area contributed by atoms with Crippen LogP contribution in [0.15, 0.2) is 77.7 Å². The second-order valence-electron chi connectivity index (χ2n) is 9.11. The predicted octanol–water partition coefficient (Wildman–Crippen LogP) is 3.27. The Morgan fingerprint density at radius 1 is 0.917 bits per heavy atom. The number of piperidine rings is 1. The first-order valence-corrected chi connectivity index (χ1v) is 13.5. The van der Waals surface area contributed by atoms with Gasteiger partial charge in [0.25, 0.3) is 5.91 Å². The summed E-state index contributed by atoms with van der Waals surface area (Å²) < 4.78 is 28.7. The van der Waals surface area contributed by atoms with Crippen LogP contribution in [0.25, 0.3) is 21.7 Å². The van der Waals surface area contributed by atoms with Gasteiger partial charge in [0.1, 0.15) is 5.69 Å². The van der Waals surface area contributed by atoms with E-state index < -0.39 is 10.0 Å². The van der Waals surface area contributed by atoms with Crippen LogP contribution in [0.3, 0.4) is 0 Å². The number of aromatic nitrogens is 1. The molecule has 0 radical (unpaired) electrons. The molecule has 0 spiro atoms. The molecule has 5 rings (SSSR count). The molecule has 9 heteroatoms. The summed E-state index contributed by atoms with van der Waals surface area (Å²) in [5.74, 6) is -0.328. The van der Waals surface area contributed by atoms with Gasteiger partial charge in [0, 0.05) is 35.9 Å². The molecule has 0 saturated carbocycles. The summed E-state index contributed by atoms with van der Waals surface area (Å²) in [6, 6.07) is 22.0. The number of carbonyl (C=O) groups excluding carboxylic acids is 2. The molecule has 0 bridgehead atoms. The molecular weight excluding hydrogens is 476 g/mol. The van der Waals surface area contributed by atoms with Gasteiger partial charge < -0.3 is 15.2 Å². The van der Waals surface area contributed by atoms with Gasteiger partial charge in [0.2, 0.25) is 15.9 Å². The lowest BCUT2D eigenvalue weighted by atomic mass is 9.97. The third-order valence-electron chi connectivity index (χ3n) is 6.74. The van der Waals surface area contributed by atoms with Gasteiger partial charge in [0.05, 0.1) is 11.4 Å². The van der Waals surface area contributed by atoms with Crippen LogP contribution in [-0.2, 0) is 14.8 Å². The molecule has 3 aromatic carbocycles. The van der Waals surface area contributed by atoms with E-state index in [1.807, 2.05) is 54.6 Å². The highest BCUT2D eigenvalue weighted by molar-refractivity contribution is 7.89. The number of rotatable bonds is 7. The second-order valence-corrected chi connectivity index (χ2v) is 10.8. The van der Waals surface area contributed by atoms with Crippen molar-refractivity contribution in [1.29, 1.82) is 0 Å². The molecule has 1 aliphatic rings. The largest absolute Gasteiger partial charge is 0.351 e. The first-order chi connectivity index (χ1) is 17.4. The fraction of sp³-hybridized carbons (Fsp3) is 0.259. The number of nitrogens with one attached hydrogen (secondary N) is 3. The van der Waals surface area contributed by atoms with Crippen molar-refractivity contribution in [2.45, 2.75) is 17.7 Å². The third-order valence-corrected chi connectivity index (χ3v) is 8.22. The Bertz CT molecular complexity index is 1480. The molecule has 1 aliphatic heterocycles. The number of nitrogens with zero attached hydrogens (tertiary/aromatic N) is 1. The number of likely N-dealkylation sites (tertiary alicyclic amines) is 1. The van der Waals surface area contributed by atoms with Crippen LogP contribution < -0.4 is 10.0 Å². The quantitative estimate of drug-likeness (QED) is 0.359. The molecule has 0 atom stereocenters. The number of carbonyl (C=O) groups is 2. The summed E-state index contributed by atoms with van der Waals surface area (Å²) in [6.45, 7) is 1.31. The summed E-state index contributed by atoms with van der Waals surface area (Å²) in [6.07, 6.45) is 1.39. The Morgan fingerprint density at radius 3 is 2.39 bits per heavy atom. The molecule has 8 nitrogen and oxygen atoms in total. The van der Waals surface area contributed by atoms with Crippen LogP contribution in [0, 0.1) is 5.92 Å². The van der Waals surface area contributed by atoms with Gasteiger partial charge in [-0.15, -0.1) is 0 Å². The van der Waals surface area contributed by atoms with Crippen molar-refractivity contribution in [3.63, 3.8) is 0 Å². The average molecular weight is 505 g/mol. The average Bonchev–Trinajstić information content (AvgIpc) is 3.35. The van der Waals surface area contributed by atoms with E-state index in [1.165, 1.54) is 0 Å². The van der Waals surface area contributed by atoms with Crippen molar-refractivity contribution in [2.75, 3.05) is 26.2 Å². The Morgan fingerprint density at radius 2 is 1.61 bits per heavy atom. The van der Waals surface area contributed by atoms with Crippen molar-refractivity contribution in [3.05, 3.63) is 78.5 Å². The Balaban J connectivity index is 1.10. The van der Waals surface area contributed by atoms with E-state index in [0.717, 1.165) is 16.3 Å². The molecule has 4 aromatic rings. The van der Waals surface area contributed by atoms with Crippen molar-refractivity contribution in [1.82, 2.24) is 19.9 Å². The zero-order valence-electron chi connectivity index (χ0n) is 19.7. The number of aromatic amines is 1. The van der Waals surface area contributed by atoms with Crippen LogP contribution in [0.2, 0.25) is 0 Å². The van der Waals surface area contributed by atoms with Gasteiger partial charge in [-0.2, -0.15) is 0 Å². The van der Waals surface area contributed by atoms with Gasteiger partial charge in [-0.3, -0.25) is 9.59 Å². The molecule has 0 unspecified atom stereocenters. The van der Waals surface area contributed by atoms with E-state index in [1.54, 1.807) is 23.1 Å². The van der Waals surface area contributed by atoms with Crippen LogP contribution in [0.4, 0.5) is 0 Å². The summed E-state index contributed by atoms with van der Waals surface area (Å²) in [5.41, 5.74) is 1.29. The SMILES string of the molecule is O=C(NCC(=O)N1CCC(CNS(=O)(=O)c2cccc3ccccc23)CC1)c1cc2ccccc2[nH]1. The standard InChI is InChI=1S/C27H28N4O4S/c32-26(18-28-27(33)24-16-21-7-2-4-10-23(21)30-24)31-14-12-19(13-15-31)17-29-36(34,35)25-11-5-8-20-6-1-3-9-22(20)25/h1-11,16,19,29-30H,12-15,17-18H2,(H,28,33). The minimum Gasteiger partial charge on any atom is -0.351 e. The highest BCUT2D eigenvalue weighted by atomic mass is 32.2. The minimum atomic E-state index is -3.65. The van der Waals surface area contributed by atoms with Gasteiger partial charge in [-0.25, -0.2) is 13.1 Å².